The molecule has 1 heterocycles. The number of hydrogen-bond donors (Lipinski definition) is 6. The predicted octanol–water partition coefficient (Wildman–Crippen LogP) is 2.12. The van der Waals surface area contributed by atoms with Gasteiger partial charge < -0.3 is 31.7 Å². The van der Waals surface area contributed by atoms with E-state index in [4.69, 9.17) is 0 Å². The third-order valence-corrected chi connectivity index (χ3v) is 8.73. The average molecular weight is 642 g/mol. The van der Waals surface area contributed by atoms with E-state index in [0.29, 0.717) is 24.9 Å². The summed E-state index contributed by atoms with van der Waals surface area (Å²) in [7, 11) is 0. The summed E-state index contributed by atoms with van der Waals surface area (Å²) < 4.78 is 0. The Bertz CT molecular complexity index is 1590. The van der Waals surface area contributed by atoms with Crippen LogP contribution in [0.2, 0.25) is 0 Å². The number of hydrogen-bond acceptors (Lipinski definition) is 6. The van der Waals surface area contributed by atoms with Crippen molar-refractivity contribution in [2.75, 3.05) is 6.54 Å². The minimum absolute atomic E-state index is 0.00164. The maximum atomic E-state index is 13.8. The lowest BCUT2D eigenvalue weighted by molar-refractivity contribution is -0.135. The summed E-state index contributed by atoms with van der Waals surface area (Å²) in [6, 6.07) is 19.2. The number of aliphatic hydroxyl groups excluding tert-OH is 1. The first kappa shape index (κ1) is 33.6. The van der Waals surface area contributed by atoms with Crippen molar-refractivity contribution in [2.24, 2.45) is 5.92 Å². The van der Waals surface area contributed by atoms with E-state index in [1.807, 2.05) is 67.6 Å². The van der Waals surface area contributed by atoms with Gasteiger partial charge in [0, 0.05) is 30.5 Å². The molecule has 5 amide bonds. The molecule has 2 aliphatic rings. The molecule has 0 bridgehead atoms. The zero-order valence-corrected chi connectivity index (χ0v) is 26.5. The number of carbonyl (C=O) groups is 5. The number of carbonyl (C=O) groups excluding carboxylic acids is 5. The highest BCUT2D eigenvalue weighted by Gasteiger charge is 2.37. The highest BCUT2D eigenvalue weighted by atomic mass is 16.3. The van der Waals surface area contributed by atoms with Crippen LogP contribution in [0.15, 0.2) is 72.8 Å². The summed E-state index contributed by atoms with van der Waals surface area (Å²) >= 11 is 0. The molecule has 11 nitrogen and oxygen atoms in total. The molecular formula is C36H43N5O6. The van der Waals surface area contributed by atoms with Crippen molar-refractivity contribution in [3.05, 3.63) is 83.9 Å². The topological polar surface area (TPSA) is 166 Å². The van der Waals surface area contributed by atoms with Gasteiger partial charge in [0.1, 0.15) is 12.1 Å². The normalized spacial score (nSPS) is 18.3. The highest BCUT2D eigenvalue weighted by Crippen LogP contribution is 2.22. The molecule has 248 valence electrons. The maximum Gasteiger partial charge on any atom is 0.251 e. The summed E-state index contributed by atoms with van der Waals surface area (Å²) in [5, 5.41) is 26.8. The van der Waals surface area contributed by atoms with Gasteiger partial charge in [-0.25, -0.2) is 0 Å². The van der Waals surface area contributed by atoms with Gasteiger partial charge in [-0.15, -0.1) is 0 Å². The fourth-order valence-corrected chi connectivity index (χ4v) is 5.88. The van der Waals surface area contributed by atoms with Crippen LogP contribution in [-0.4, -0.2) is 71.5 Å². The molecule has 5 atom stereocenters. The van der Waals surface area contributed by atoms with E-state index in [-0.39, 0.29) is 31.2 Å². The van der Waals surface area contributed by atoms with E-state index in [1.54, 1.807) is 12.1 Å². The van der Waals surface area contributed by atoms with Gasteiger partial charge in [0.25, 0.3) is 11.8 Å². The minimum Gasteiger partial charge on any atom is -0.381 e. The monoisotopic (exact) mass is 641 g/mol. The molecule has 11 heteroatoms. The SMILES string of the molecule is CCC[C@H](NC(=O)[C@@H](Cc1ccccc1)NC(=O)c1ccc2ccccc2c1)C(=O)N[C@@H](C[C@@H]1CCNC1=O)C(O)C(=O)NC1CC1. The highest BCUT2D eigenvalue weighted by molar-refractivity contribution is 6.01. The molecule has 1 unspecified atom stereocenters. The molecule has 3 aromatic rings. The molecule has 1 saturated heterocycles. The van der Waals surface area contributed by atoms with Crippen LogP contribution in [0.5, 0.6) is 0 Å². The number of aliphatic hydroxyl groups is 1. The van der Waals surface area contributed by atoms with Crippen LogP contribution in [0.1, 0.15) is 61.4 Å². The van der Waals surface area contributed by atoms with Gasteiger partial charge in [-0.05, 0) is 60.6 Å². The Balaban J connectivity index is 1.31. The molecule has 6 N–H and O–H groups in total. The Hall–Kier alpha value is -4.77. The number of rotatable bonds is 15. The summed E-state index contributed by atoms with van der Waals surface area (Å²) in [5.74, 6) is -2.82. The molecule has 3 aromatic carbocycles. The van der Waals surface area contributed by atoms with Gasteiger partial charge in [0.2, 0.25) is 17.7 Å². The fourth-order valence-electron chi connectivity index (χ4n) is 5.88. The molecule has 1 aliphatic heterocycles. The van der Waals surface area contributed by atoms with Crippen LogP contribution in [0.4, 0.5) is 0 Å². The van der Waals surface area contributed by atoms with Crippen LogP contribution in [0, 0.1) is 5.92 Å². The number of fused-ring (bicyclic) bond motifs is 1. The van der Waals surface area contributed by atoms with E-state index < -0.39 is 53.8 Å². The third kappa shape index (κ3) is 9.16. The Labute approximate surface area is 274 Å². The van der Waals surface area contributed by atoms with Crippen molar-refractivity contribution in [1.82, 2.24) is 26.6 Å². The summed E-state index contributed by atoms with van der Waals surface area (Å²) in [6.07, 6.45) is 1.68. The Morgan fingerprint density at radius 2 is 1.53 bits per heavy atom. The van der Waals surface area contributed by atoms with Crippen LogP contribution < -0.4 is 26.6 Å². The van der Waals surface area contributed by atoms with Crippen LogP contribution >= 0.6 is 0 Å². The second-order valence-electron chi connectivity index (χ2n) is 12.5. The van der Waals surface area contributed by atoms with Crippen molar-refractivity contribution >= 4 is 40.3 Å². The molecular weight excluding hydrogens is 598 g/mol. The Kier molecular flexibility index (Phi) is 11.2. The first-order chi connectivity index (χ1) is 22.7. The van der Waals surface area contributed by atoms with Crippen LogP contribution in [0.25, 0.3) is 10.8 Å². The standard InChI is InChI=1S/C36H43N5O6/c1-2-8-28(34(45)40-29(21-26-17-18-37-32(26)43)31(42)36(47)38-27-15-16-27)39-35(46)30(19-22-9-4-3-5-10-22)41-33(44)25-14-13-23-11-6-7-12-24(23)20-25/h3-7,9-14,20,26-31,42H,2,8,15-19,21H2,1H3,(H,37,43)(H,38,47)(H,39,46)(H,40,45)(H,41,44)/t26-,28-,29-,30+,31?/m0/s1. The second kappa shape index (κ2) is 15.7. The quantitative estimate of drug-likeness (QED) is 0.149. The fraction of sp³-hybridized carbons (Fsp3) is 0.417. The van der Waals surface area contributed by atoms with Crippen molar-refractivity contribution in [2.45, 2.75) is 82.1 Å². The Morgan fingerprint density at radius 1 is 0.830 bits per heavy atom. The molecule has 5 rings (SSSR count). The maximum absolute atomic E-state index is 13.8. The minimum atomic E-state index is -1.57. The molecule has 1 aliphatic carbocycles. The molecule has 0 aromatic heterocycles. The average Bonchev–Trinajstić information content (AvgIpc) is 3.81. The van der Waals surface area contributed by atoms with E-state index >= 15 is 0 Å². The summed E-state index contributed by atoms with van der Waals surface area (Å²) in [4.78, 5) is 66.1. The van der Waals surface area contributed by atoms with Crippen molar-refractivity contribution in [3.8, 4) is 0 Å². The van der Waals surface area contributed by atoms with Gasteiger partial charge in [0.05, 0.1) is 6.04 Å². The third-order valence-electron chi connectivity index (χ3n) is 8.73. The summed E-state index contributed by atoms with van der Waals surface area (Å²) in [6.45, 7) is 2.35. The van der Waals surface area contributed by atoms with Crippen molar-refractivity contribution in [3.63, 3.8) is 0 Å². The number of benzene rings is 3. The van der Waals surface area contributed by atoms with Crippen molar-refractivity contribution in [1.29, 1.82) is 0 Å². The predicted molar refractivity (Wildman–Crippen MR) is 177 cm³/mol. The van der Waals surface area contributed by atoms with Gasteiger partial charge in [0.15, 0.2) is 6.10 Å². The first-order valence-corrected chi connectivity index (χ1v) is 16.4. The van der Waals surface area contributed by atoms with E-state index in [9.17, 15) is 29.1 Å². The van der Waals surface area contributed by atoms with Gasteiger partial charge >= 0.3 is 0 Å². The zero-order valence-electron chi connectivity index (χ0n) is 26.5. The molecule has 2 fully saturated rings. The molecule has 1 saturated carbocycles. The smallest absolute Gasteiger partial charge is 0.251 e. The van der Waals surface area contributed by atoms with E-state index in [2.05, 4.69) is 26.6 Å². The number of amides is 5. The largest absolute Gasteiger partial charge is 0.381 e. The lowest BCUT2D eigenvalue weighted by Crippen LogP contribution is -2.58. The van der Waals surface area contributed by atoms with Gasteiger partial charge in [-0.1, -0.05) is 74.0 Å². The lowest BCUT2D eigenvalue weighted by Gasteiger charge is -2.28. The Morgan fingerprint density at radius 3 is 2.21 bits per heavy atom. The van der Waals surface area contributed by atoms with Gasteiger partial charge in [-0.3, -0.25) is 24.0 Å². The first-order valence-electron chi connectivity index (χ1n) is 16.4. The van der Waals surface area contributed by atoms with Crippen LogP contribution in [-0.2, 0) is 25.6 Å². The summed E-state index contributed by atoms with van der Waals surface area (Å²) in [5.41, 5.74) is 1.22. The zero-order chi connectivity index (χ0) is 33.3. The molecule has 0 spiro atoms. The lowest BCUT2D eigenvalue weighted by atomic mass is 9.94. The van der Waals surface area contributed by atoms with E-state index in [1.165, 1.54) is 0 Å². The van der Waals surface area contributed by atoms with Crippen LogP contribution in [0.3, 0.4) is 0 Å². The second-order valence-corrected chi connectivity index (χ2v) is 12.5. The molecule has 47 heavy (non-hydrogen) atoms. The van der Waals surface area contributed by atoms with Gasteiger partial charge in [-0.2, -0.15) is 0 Å². The van der Waals surface area contributed by atoms with Crippen molar-refractivity contribution < 1.29 is 29.1 Å². The molecule has 0 radical (unpaired) electrons. The number of nitrogens with one attached hydrogen (secondary N) is 5. The van der Waals surface area contributed by atoms with E-state index in [0.717, 1.165) is 29.2 Å².